The zero-order valence-electron chi connectivity index (χ0n) is 15.3. The van der Waals surface area contributed by atoms with Crippen LogP contribution in [0.2, 0.25) is 0 Å². The van der Waals surface area contributed by atoms with Crippen LogP contribution in [-0.4, -0.2) is 66.5 Å². The van der Waals surface area contributed by atoms with E-state index in [9.17, 15) is 9.59 Å². The van der Waals surface area contributed by atoms with Gasteiger partial charge in [0, 0.05) is 38.4 Å². The smallest absolute Gasteiger partial charge is 0.270 e. The molecule has 7 nitrogen and oxygen atoms in total. The minimum Gasteiger partial charge on any atom is -0.497 e. The molecule has 3 heterocycles. The van der Waals surface area contributed by atoms with Crippen molar-refractivity contribution in [3.05, 3.63) is 47.8 Å². The van der Waals surface area contributed by atoms with E-state index in [2.05, 4.69) is 4.98 Å². The van der Waals surface area contributed by atoms with Crippen molar-refractivity contribution in [1.82, 2.24) is 14.8 Å². The maximum atomic E-state index is 12.9. The van der Waals surface area contributed by atoms with E-state index in [1.54, 1.807) is 24.3 Å². The number of fused-ring (bicyclic) bond motifs is 1. The standard InChI is InChI=1S/C20H23N3O4/c1-26-16-5-4-14-11-15(13-27-18(14)12-16)19(24)22-7-9-23(10-8-22)20(25)17-3-2-6-21-17/h2-6,12,15,21H,7-11,13H2,1H3/t15-/m0/s1. The maximum absolute atomic E-state index is 12.9. The number of aromatic nitrogens is 1. The van der Waals surface area contributed by atoms with Gasteiger partial charge < -0.3 is 24.3 Å². The van der Waals surface area contributed by atoms with Gasteiger partial charge in [-0.1, -0.05) is 6.07 Å². The molecule has 0 unspecified atom stereocenters. The number of rotatable bonds is 3. The number of methoxy groups -OCH3 is 1. The number of carbonyl (C=O) groups excluding carboxylic acids is 2. The minimum atomic E-state index is -0.184. The molecule has 142 valence electrons. The van der Waals surface area contributed by atoms with Crippen LogP contribution in [0.3, 0.4) is 0 Å². The lowest BCUT2D eigenvalue weighted by atomic mass is 9.95. The monoisotopic (exact) mass is 369 g/mol. The third kappa shape index (κ3) is 3.49. The largest absolute Gasteiger partial charge is 0.497 e. The van der Waals surface area contributed by atoms with Crippen LogP contribution in [0.4, 0.5) is 0 Å². The van der Waals surface area contributed by atoms with Gasteiger partial charge in [0.05, 0.1) is 13.0 Å². The first-order valence-electron chi connectivity index (χ1n) is 9.17. The van der Waals surface area contributed by atoms with Gasteiger partial charge in [0.2, 0.25) is 5.91 Å². The highest BCUT2D eigenvalue weighted by atomic mass is 16.5. The topological polar surface area (TPSA) is 74.9 Å². The summed E-state index contributed by atoms with van der Waals surface area (Å²) >= 11 is 0. The van der Waals surface area contributed by atoms with Crippen LogP contribution in [0.15, 0.2) is 36.5 Å². The number of nitrogens with zero attached hydrogens (tertiary/aromatic N) is 2. The maximum Gasteiger partial charge on any atom is 0.270 e. The lowest BCUT2D eigenvalue weighted by Crippen LogP contribution is -2.53. The molecule has 0 spiro atoms. The zero-order valence-corrected chi connectivity index (χ0v) is 15.3. The number of ether oxygens (including phenoxy) is 2. The van der Waals surface area contributed by atoms with Crippen molar-refractivity contribution in [3.63, 3.8) is 0 Å². The van der Waals surface area contributed by atoms with Crippen LogP contribution in [0, 0.1) is 5.92 Å². The van der Waals surface area contributed by atoms with Crippen LogP contribution < -0.4 is 9.47 Å². The fraction of sp³-hybridized carbons (Fsp3) is 0.400. The predicted molar refractivity (Wildman–Crippen MR) is 99.0 cm³/mol. The van der Waals surface area contributed by atoms with Gasteiger partial charge in [-0.15, -0.1) is 0 Å². The summed E-state index contributed by atoms with van der Waals surface area (Å²) in [5.74, 6) is 1.44. The Kier molecular flexibility index (Phi) is 4.75. The average molecular weight is 369 g/mol. The Morgan fingerprint density at radius 2 is 1.93 bits per heavy atom. The van der Waals surface area contributed by atoms with Crippen LogP contribution >= 0.6 is 0 Å². The molecule has 0 saturated carbocycles. The third-order valence-corrected chi connectivity index (χ3v) is 5.24. The first-order chi connectivity index (χ1) is 13.2. The molecule has 1 N–H and O–H groups in total. The molecule has 0 radical (unpaired) electrons. The number of aromatic amines is 1. The Bertz CT molecular complexity index is 826. The van der Waals surface area contributed by atoms with E-state index in [1.165, 1.54) is 0 Å². The quantitative estimate of drug-likeness (QED) is 0.891. The Morgan fingerprint density at radius 1 is 1.15 bits per heavy atom. The summed E-state index contributed by atoms with van der Waals surface area (Å²) in [6, 6.07) is 9.29. The van der Waals surface area contributed by atoms with E-state index in [4.69, 9.17) is 9.47 Å². The van der Waals surface area contributed by atoms with Crippen molar-refractivity contribution >= 4 is 11.8 Å². The fourth-order valence-electron chi connectivity index (χ4n) is 3.66. The average Bonchev–Trinajstić information content (AvgIpc) is 3.27. The molecule has 2 aliphatic heterocycles. The second-order valence-electron chi connectivity index (χ2n) is 6.89. The summed E-state index contributed by atoms with van der Waals surface area (Å²) in [7, 11) is 1.62. The summed E-state index contributed by atoms with van der Waals surface area (Å²) in [5.41, 5.74) is 1.61. The van der Waals surface area contributed by atoms with Gasteiger partial charge in [-0.25, -0.2) is 0 Å². The van der Waals surface area contributed by atoms with E-state index in [0.717, 1.165) is 17.1 Å². The normalized spacial score (nSPS) is 19.2. The number of carbonyl (C=O) groups is 2. The van der Waals surface area contributed by atoms with Crippen molar-refractivity contribution in [1.29, 1.82) is 0 Å². The molecule has 4 rings (SSSR count). The number of piperazine rings is 1. The Hall–Kier alpha value is -2.96. The summed E-state index contributed by atoms with van der Waals surface area (Å²) in [4.78, 5) is 31.9. The van der Waals surface area contributed by atoms with E-state index >= 15 is 0 Å². The second kappa shape index (κ2) is 7.34. The first-order valence-corrected chi connectivity index (χ1v) is 9.17. The van der Waals surface area contributed by atoms with Gasteiger partial charge in [0.15, 0.2) is 0 Å². The summed E-state index contributed by atoms with van der Waals surface area (Å²) in [5, 5.41) is 0. The molecule has 1 aromatic carbocycles. The van der Waals surface area contributed by atoms with Crippen molar-refractivity contribution < 1.29 is 19.1 Å². The van der Waals surface area contributed by atoms with Crippen LogP contribution in [-0.2, 0) is 11.2 Å². The number of nitrogens with one attached hydrogen (secondary N) is 1. The number of amides is 2. The lowest BCUT2D eigenvalue weighted by Gasteiger charge is -2.37. The first kappa shape index (κ1) is 17.5. The van der Waals surface area contributed by atoms with Gasteiger partial charge in [0.1, 0.15) is 23.8 Å². The number of H-pyrrole nitrogens is 1. The van der Waals surface area contributed by atoms with Crippen LogP contribution in [0.1, 0.15) is 16.1 Å². The number of benzene rings is 1. The molecular formula is C20H23N3O4. The van der Waals surface area contributed by atoms with Crippen molar-refractivity contribution in [3.8, 4) is 11.5 Å². The highest BCUT2D eigenvalue weighted by molar-refractivity contribution is 5.92. The Morgan fingerprint density at radius 3 is 2.63 bits per heavy atom. The van der Waals surface area contributed by atoms with Crippen LogP contribution in [0.25, 0.3) is 0 Å². The summed E-state index contributed by atoms with van der Waals surface area (Å²) in [6.07, 6.45) is 2.41. The lowest BCUT2D eigenvalue weighted by molar-refractivity contribution is -0.138. The van der Waals surface area contributed by atoms with Crippen molar-refractivity contribution in [2.75, 3.05) is 39.9 Å². The predicted octanol–water partition coefficient (Wildman–Crippen LogP) is 1.56. The zero-order chi connectivity index (χ0) is 18.8. The van der Waals surface area contributed by atoms with E-state index in [0.29, 0.717) is 44.9 Å². The third-order valence-electron chi connectivity index (χ3n) is 5.24. The molecule has 0 bridgehead atoms. The molecule has 7 heteroatoms. The van der Waals surface area contributed by atoms with E-state index in [-0.39, 0.29) is 17.7 Å². The van der Waals surface area contributed by atoms with Gasteiger partial charge in [-0.2, -0.15) is 0 Å². The van der Waals surface area contributed by atoms with Gasteiger partial charge >= 0.3 is 0 Å². The fourth-order valence-corrected chi connectivity index (χ4v) is 3.66. The molecule has 2 aromatic rings. The summed E-state index contributed by atoms with van der Waals surface area (Å²) in [6.45, 7) is 2.57. The van der Waals surface area contributed by atoms with Crippen LogP contribution in [0.5, 0.6) is 11.5 Å². The molecule has 2 aliphatic rings. The number of hydrogen-bond acceptors (Lipinski definition) is 4. The summed E-state index contributed by atoms with van der Waals surface area (Å²) < 4.78 is 11.0. The molecule has 27 heavy (non-hydrogen) atoms. The van der Waals surface area contributed by atoms with E-state index < -0.39 is 0 Å². The Labute approximate surface area is 157 Å². The highest BCUT2D eigenvalue weighted by Gasteiger charge is 2.32. The molecule has 2 amide bonds. The molecule has 1 aromatic heterocycles. The molecule has 1 saturated heterocycles. The van der Waals surface area contributed by atoms with Gasteiger partial charge in [-0.3, -0.25) is 9.59 Å². The molecule has 1 atom stereocenters. The molecular weight excluding hydrogens is 346 g/mol. The van der Waals surface area contributed by atoms with Crippen molar-refractivity contribution in [2.24, 2.45) is 5.92 Å². The Balaban J connectivity index is 1.35. The molecule has 1 fully saturated rings. The minimum absolute atomic E-state index is 0.0176. The van der Waals surface area contributed by atoms with E-state index in [1.807, 2.05) is 29.2 Å². The number of hydrogen-bond donors (Lipinski definition) is 1. The highest BCUT2D eigenvalue weighted by Crippen LogP contribution is 2.31. The molecule has 0 aliphatic carbocycles. The van der Waals surface area contributed by atoms with Gasteiger partial charge in [0.25, 0.3) is 5.91 Å². The second-order valence-corrected chi connectivity index (χ2v) is 6.89. The SMILES string of the molecule is COc1ccc2c(c1)OC[C@@H](C(=O)N1CCN(C(=O)c3ccc[nH]3)CC1)C2. The van der Waals surface area contributed by atoms with Gasteiger partial charge in [-0.05, 0) is 30.2 Å². The van der Waals surface area contributed by atoms with Crippen molar-refractivity contribution in [2.45, 2.75) is 6.42 Å².